The van der Waals surface area contributed by atoms with E-state index in [1.165, 1.54) is 0 Å². The summed E-state index contributed by atoms with van der Waals surface area (Å²) in [6.07, 6.45) is 6.03. The normalized spacial score (nSPS) is 25.0. The molecule has 2 aliphatic rings. The summed E-state index contributed by atoms with van der Waals surface area (Å²) in [5.41, 5.74) is 2.27. The van der Waals surface area contributed by atoms with E-state index >= 15 is 0 Å². The molecule has 1 aliphatic carbocycles. The lowest BCUT2D eigenvalue weighted by molar-refractivity contribution is -0.130. The average molecular weight is 454 g/mol. The zero-order valence-corrected chi connectivity index (χ0v) is 20.5. The number of aliphatic hydroxyl groups excluding tert-OH is 2. The molecule has 5 heteroatoms. The first-order valence-corrected chi connectivity index (χ1v) is 12.4. The maximum Gasteiger partial charge on any atom is 0.222 e. The smallest absolute Gasteiger partial charge is 0.222 e. The third-order valence-electron chi connectivity index (χ3n) is 7.16. The molecule has 0 saturated heterocycles. The van der Waals surface area contributed by atoms with Crippen LogP contribution in [0.5, 0.6) is 5.75 Å². The Balaban J connectivity index is 1.69. The quantitative estimate of drug-likeness (QED) is 0.414. The Kier molecular flexibility index (Phi) is 9.00. The van der Waals surface area contributed by atoms with Gasteiger partial charge in [0.1, 0.15) is 11.9 Å². The zero-order valence-electron chi connectivity index (χ0n) is 20.5. The van der Waals surface area contributed by atoms with Gasteiger partial charge in [-0.1, -0.05) is 37.3 Å². The van der Waals surface area contributed by atoms with Crippen molar-refractivity contribution < 1.29 is 19.7 Å². The maximum atomic E-state index is 12.3. The van der Waals surface area contributed by atoms with Gasteiger partial charge in [0.2, 0.25) is 5.91 Å². The number of carbonyl (C=O) groups is 1. The molecule has 1 aromatic rings. The SMILES string of the molecule is CC#CC[C@@H](C)[C@H](O)C=C[C@@H]1[C@H]2c3cccc(CCCC(=O)N(CC)CC)c3O[C@H]2C[C@H]1O. The summed E-state index contributed by atoms with van der Waals surface area (Å²) >= 11 is 0. The molecule has 1 saturated carbocycles. The maximum absolute atomic E-state index is 12.3. The number of hydrogen-bond acceptors (Lipinski definition) is 4. The standard InChI is InChI=1S/C28H39NO4/c1-5-8-11-19(4)23(30)17-16-21-24(31)18-25-27(21)22-14-9-12-20(28(22)33-25)13-10-15-26(32)29(6-2)7-3/h9,12,14,16-17,19,21,23-25,27,30-31H,6-7,10-11,13,15,18H2,1-4H3/t19-,21+,23-,24-,25+,27+/m1/s1. The molecule has 1 aliphatic heterocycles. The fourth-order valence-corrected chi connectivity index (χ4v) is 5.15. The molecule has 0 bridgehead atoms. The van der Waals surface area contributed by atoms with Crippen LogP contribution in [-0.2, 0) is 11.2 Å². The van der Waals surface area contributed by atoms with Gasteiger partial charge in [0.15, 0.2) is 0 Å². The molecule has 1 fully saturated rings. The van der Waals surface area contributed by atoms with E-state index in [1.54, 1.807) is 6.92 Å². The Labute approximate surface area is 198 Å². The molecule has 33 heavy (non-hydrogen) atoms. The molecule has 1 amide bonds. The van der Waals surface area contributed by atoms with Crippen molar-refractivity contribution in [2.75, 3.05) is 13.1 Å². The Morgan fingerprint density at radius 2 is 2.09 bits per heavy atom. The first kappa shape index (κ1) is 25.3. The molecule has 5 nitrogen and oxygen atoms in total. The van der Waals surface area contributed by atoms with Crippen LogP contribution in [0.2, 0.25) is 0 Å². The van der Waals surface area contributed by atoms with Gasteiger partial charge in [-0.2, -0.15) is 0 Å². The third kappa shape index (κ3) is 5.80. The summed E-state index contributed by atoms with van der Waals surface area (Å²) in [5, 5.41) is 21.2. The van der Waals surface area contributed by atoms with E-state index in [2.05, 4.69) is 30.0 Å². The number of rotatable bonds is 10. The minimum Gasteiger partial charge on any atom is -0.489 e. The monoisotopic (exact) mass is 453 g/mol. The van der Waals surface area contributed by atoms with Crippen LogP contribution in [0.4, 0.5) is 0 Å². The second-order valence-corrected chi connectivity index (χ2v) is 9.30. The predicted octanol–water partition coefficient (Wildman–Crippen LogP) is 4.07. The van der Waals surface area contributed by atoms with Crippen molar-refractivity contribution in [3.05, 3.63) is 41.5 Å². The molecular formula is C28H39NO4. The Bertz CT molecular complexity index is 895. The largest absolute Gasteiger partial charge is 0.489 e. The van der Waals surface area contributed by atoms with Gasteiger partial charge >= 0.3 is 0 Å². The summed E-state index contributed by atoms with van der Waals surface area (Å²) in [6.45, 7) is 9.31. The highest BCUT2D eigenvalue weighted by atomic mass is 16.5. The van der Waals surface area contributed by atoms with Crippen LogP contribution in [0.15, 0.2) is 30.4 Å². The molecular weight excluding hydrogens is 414 g/mol. The first-order chi connectivity index (χ1) is 15.9. The van der Waals surface area contributed by atoms with E-state index in [9.17, 15) is 15.0 Å². The van der Waals surface area contributed by atoms with Gasteiger partial charge in [-0.25, -0.2) is 0 Å². The Morgan fingerprint density at radius 1 is 1.33 bits per heavy atom. The topological polar surface area (TPSA) is 70.0 Å². The second kappa shape index (κ2) is 11.7. The van der Waals surface area contributed by atoms with Gasteiger partial charge < -0.3 is 19.8 Å². The Morgan fingerprint density at radius 3 is 2.79 bits per heavy atom. The molecule has 0 aromatic heterocycles. The second-order valence-electron chi connectivity index (χ2n) is 9.30. The van der Waals surface area contributed by atoms with E-state index in [-0.39, 0.29) is 29.8 Å². The van der Waals surface area contributed by atoms with Crippen LogP contribution >= 0.6 is 0 Å². The van der Waals surface area contributed by atoms with Gasteiger partial charge in [-0.15, -0.1) is 11.8 Å². The molecule has 1 heterocycles. The van der Waals surface area contributed by atoms with Crippen LogP contribution < -0.4 is 4.74 Å². The number of fused-ring (bicyclic) bond motifs is 3. The molecule has 1 aromatic carbocycles. The van der Waals surface area contributed by atoms with Crippen LogP contribution in [0, 0.1) is 23.7 Å². The lowest BCUT2D eigenvalue weighted by atomic mass is 9.86. The number of carbonyl (C=O) groups excluding carboxylic acids is 1. The molecule has 0 unspecified atom stereocenters. The molecule has 2 N–H and O–H groups in total. The number of hydrogen-bond donors (Lipinski definition) is 2. The highest BCUT2D eigenvalue weighted by Crippen LogP contribution is 2.52. The number of para-hydroxylation sites is 1. The summed E-state index contributed by atoms with van der Waals surface area (Å²) in [7, 11) is 0. The van der Waals surface area contributed by atoms with Crippen LogP contribution in [-0.4, -0.2) is 52.4 Å². The number of amides is 1. The predicted molar refractivity (Wildman–Crippen MR) is 131 cm³/mol. The number of aliphatic hydroxyl groups is 2. The van der Waals surface area contributed by atoms with Crippen molar-refractivity contribution >= 4 is 5.91 Å². The summed E-state index contributed by atoms with van der Waals surface area (Å²) in [5.74, 6) is 7.07. The van der Waals surface area contributed by atoms with Crippen molar-refractivity contribution in [1.29, 1.82) is 0 Å². The Hall–Kier alpha value is -2.29. The number of ether oxygens (including phenoxy) is 1. The van der Waals surface area contributed by atoms with Crippen molar-refractivity contribution in [2.45, 2.75) is 84.0 Å². The lowest BCUT2D eigenvalue weighted by Gasteiger charge is -2.19. The highest BCUT2D eigenvalue weighted by molar-refractivity contribution is 5.76. The number of nitrogens with zero attached hydrogens (tertiary/aromatic N) is 1. The summed E-state index contributed by atoms with van der Waals surface area (Å²) in [4.78, 5) is 14.2. The molecule has 180 valence electrons. The van der Waals surface area contributed by atoms with E-state index in [1.807, 2.05) is 37.8 Å². The fraction of sp³-hybridized carbons (Fsp3) is 0.607. The van der Waals surface area contributed by atoms with Crippen LogP contribution in [0.3, 0.4) is 0 Å². The van der Waals surface area contributed by atoms with E-state index in [0.29, 0.717) is 19.3 Å². The van der Waals surface area contributed by atoms with Gasteiger partial charge in [0.25, 0.3) is 0 Å². The van der Waals surface area contributed by atoms with Crippen molar-refractivity contribution in [2.24, 2.45) is 11.8 Å². The number of aryl methyl sites for hydroxylation is 1. The average Bonchev–Trinajstić information content (AvgIpc) is 3.31. The van der Waals surface area contributed by atoms with Gasteiger partial charge in [0.05, 0.1) is 12.2 Å². The molecule has 0 radical (unpaired) electrons. The minimum absolute atomic E-state index is 0.0424. The van der Waals surface area contributed by atoms with Crippen molar-refractivity contribution in [3.8, 4) is 17.6 Å². The van der Waals surface area contributed by atoms with Crippen LogP contribution in [0.1, 0.15) is 70.4 Å². The molecule has 0 spiro atoms. The van der Waals surface area contributed by atoms with E-state index < -0.39 is 12.2 Å². The summed E-state index contributed by atoms with van der Waals surface area (Å²) < 4.78 is 6.35. The minimum atomic E-state index is -0.589. The lowest BCUT2D eigenvalue weighted by Crippen LogP contribution is -2.30. The van der Waals surface area contributed by atoms with E-state index in [4.69, 9.17) is 4.74 Å². The van der Waals surface area contributed by atoms with Gasteiger partial charge in [0, 0.05) is 49.8 Å². The van der Waals surface area contributed by atoms with Gasteiger partial charge in [-0.3, -0.25) is 4.79 Å². The first-order valence-electron chi connectivity index (χ1n) is 12.4. The van der Waals surface area contributed by atoms with E-state index in [0.717, 1.165) is 42.8 Å². The summed E-state index contributed by atoms with van der Waals surface area (Å²) in [6, 6.07) is 6.24. The van der Waals surface area contributed by atoms with Crippen molar-refractivity contribution in [1.82, 2.24) is 4.90 Å². The zero-order chi connectivity index (χ0) is 24.0. The highest BCUT2D eigenvalue weighted by Gasteiger charge is 2.48. The third-order valence-corrected chi connectivity index (χ3v) is 7.16. The molecule has 3 rings (SSSR count). The van der Waals surface area contributed by atoms with Gasteiger partial charge in [-0.05, 0) is 45.1 Å². The van der Waals surface area contributed by atoms with Crippen LogP contribution in [0.25, 0.3) is 0 Å². The number of benzene rings is 1. The van der Waals surface area contributed by atoms with Crippen molar-refractivity contribution in [3.63, 3.8) is 0 Å². The fourth-order valence-electron chi connectivity index (χ4n) is 5.15. The molecule has 6 atom stereocenters.